The van der Waals surface area contributed by atoms with E-state index in [1.54, 1.807) is 0 Å². The van der Waals surface area contributed by atoms with Crippen LogP contribution in [0, 0.1) is 11.8 Å². The van der Waals surface area contributed by atoms with Crippen LogP contribution >= 0.6 is 0 Å². The lowest BCUT2D eigenvalue weighted by Crippen LogP contribution is -2.40. The fraction of sp³-hybridized carbons (Fsp3) is 0.600. The predicted molar refractivity (Wildman–Crippen MR) is 153 cm³/mol. The molecule has 0 saturated heterocycles. The molecule has 0 bridgehead atoms. The number of fused-ring (bicyclic) bond motifs is 1. The third kappa shape index (κ3) is 7.66. The van der Waals surface area contributed by atoms with Crippen molar-refractivity contribution in [2.24, 2.45) is 28.5 Å². The highest BCUT2D eigenvalue weighted by molar-refractivity contribution is 5.78. The summed E-state index contributed by atoms with van der Waals surface area (Å²) in [4.78, 5) is 9.01. The molecule has 2 aromatic rings. The number of benzene rings is 1. The molecule has 1 heterocycles. The zero-order valence-electron chi connectivity index (χ0n) is 24.7. The zero-order chi connectivity index (χ0) is 31.3. The Kier molecular flexibility index (Phi) is 8.25. The summed E-state index contributed by atoms with van der Waals surface area (Å²) in [6, 6.07) is 3.65. The summed E-state index contributed by atoms with van der Waals surface area (Å²) in [6.07, 6.45) is -3.57. The molecule has 7 nitrogen and oxygen atoms in total. The molecule has 236 valence electrons. The molecule has 5 rings (SSSR count). The second-order valence-corrected chi connectivity index (χ2v) is 13.0. The maximum absolute atomic E-state index is 13.6. The Morgan fingerprint density at radius 3 is 1.98 bits per heavy atom. The van der Waals surface area contributed by atoms with Crippen molar-refractivity contribution in [3.63, 3.8) is 0 Å². The number of aryl methyl sites for hydroxylation is 1. The van der Waals surface area contributed by atoms with Gasteiger partial charge < -0.3 is 15.5 Å². The molecular weight excluding hydrogens is 572 g/mol. The number of nitrogens with zero attached hydrogens (tertiary/aromatic N) is 5. The van der Waals surface area contributed by atoms with Crippen molar-refractivity contribution in [2.45, 2.75) is 83.2 Å². The van der Waals surface area contributed by atoms with Gasteiger partial charge in [-0.25, -0.2) is 15.9 Å². The van der Waals surface area contributed by atoms with Gasteiger partial charge in [-0.05, 0) is 85.8 Å². The molecule has 0 radical (unpaired) electrons. The van der Waals surface area contributed by atoms with Crippen LogP contribution in [0.1, 0.15) is 79.5 Å². The first-order valence-corrected chi connectivity index (χ1v) is 14.6. The molecule has 3 aliphatic carbocycles. The molecule has 0 aliphatic heterocycles. The maximum atomic E-state index is 13.6. The number of halogens is 6. The quantitative estimate of drug-likeness (QED) is 0.113. The Hall–Kier alpha value is -3.22. The molecule has 1 aromatic heterocycles. The van der Waals surface area contributed by atoms with Crippen LogP contribution in [-0.2, 0) is 37.3 Å². The molecule has 0 atom stereocenters. The molecular formula is C30H39F6N7. The molecule has 3 aliphatic rings. The SMILES string of the molecule is CN(N)/N=C(\N)N(Cc1cc(C(F)(F)F)cc(C(F)(F)F)c1)Cc1cc2c(nc1N(CC1CC1)CC1CC1)C(C)(C)CC2. The Bertz CT molecular complexity index is 1310. The minimum Gasteiger partial charge on any atom is -0.368 e. The minimum absolute atomic E-state index is 0.0721. The number of rotatable bonds is 10. The summed E-state index contributed by atoms with van der Waals surface area (Å²) in [7, 11) is 1.43. The fourth-order valence-electron chi connectivity index (χ4n) is 5.78. The standard InChI is InChI=1S/C30H39F6N7/c1-28(2)9-8-21-12-22(26(39-25(21)28)42(14-18-4-5-18)15-19-6-7-19)17-43(27(37)40-41(3)38)16-20-10-23(29(31,32)33)13-24(11-20)30(34,35)36/h10-13,18-19H,4-9,14-17,38H2,1-3H3,(H2,37,40). The van der Waals surface area contributed by atoms with Crippen molar-refractivity contribution in [1.82, 2.24) is 15.0 Å². The third-order valence-electron chi connectivity index (χ3n) is 8.43. The van der Waals surface area contributed by atoms with E-state index < -0.39 is 23.5 Å². The van der Waals surface area contributed by atoms with Gasteiger partial charge in [0.1, 0.15) is 5.82 Å². The van der Waals surface area contributed by atoms with Crippen LogP contribution in [0.4, 0.5) is 32.2 Å². The van der Waals surface area contributed by atoms with E-state index in [1.165, 1.54) is 11.9 Å². The van der Waals surface area contributed by atoms with Gasteiger partial charge >= 0.3 is 12.4 Å². The van der Waals surface area contributed by atoms with Crippen molar-refractivity contribution in [1.29, 1.82) is 0 Å². The van der Waals surface area contributed by atoms with Crippen LogP contribution in [0.5, 0.6) is 0 Å². The largest absolute Gasteiger partial charge is 0.416 e. The molecule has 13 heteroatoms. The fourth-order valence-corrected chi connectivity index (χ4v) is 5.78. The average molecular weight is 612 g/mol. The molecule has 0 unspecified atom stereocenters. The van der Waals surface area contributed by atoms with E-state index in [0.29, 0.717) is 11.8 Å². The number of hydrazine groups is 1. The first-order valence-electron chi connectivity index (χ1n) is 14.6. The van der Waals surface area contributed by atoms with E-state index in [4.69, 9.17) is 16.6 Å². The Morgan fingerprint density at radius 2 is 1.49 bits per heavy atom. The number of hydrogen-bond acceptors (Lipinski definition) is 5. The normalized spacial score (nSPS) is 18.5. The summed E-state index contributed by atoms with van der Waals surface area (Å²) in [5.74, 6) is 7.52. The summed E-state index contributed by atoms with van der Waals surface area (Å²) < 4.78 is 81.8. The molecule has 1 aromatic carbocycles. The number of nitrogens with two attached hydrogens (primary N) is 2. The van der Waals surface area contributed by atoms with Crippen LogP contribution in [0.2, 0.25) is 0 Å². The first-order chi connectivity index (χ1) is 20.0. The van der Waals surface area contributed by atoms with Gasteiger partial charge in [0.15, 0.2) is 0 Å². The van der Waals surface area contributed by atoms with Crippen molar-refractivity contribution >= 4 is 11.8 Å². The number of alkyl halides is 6. The van der Waals surface area contributed by atoms with E-state index in [0.717, 1.165) is 91.5 Å². The molecule has 0 spiro atoms. The van der Waals surface area contributed by atoms with E-state index in [9.17, 15) is 26.3 Å². The summed E-state index contributed by atoms with van der Waals surface area (Å²) in [5.41, 5.74) is 6.15. The monoisotopic (exact) mass is 611 g/mol. The highest BCUT2D eigenvalue weighted by Crippen LogP contribution is 2.42. The summed E-state index contributed by atoms with van der Waals surface area (Å²) in [6.45, 7) is 5.76. The lowest BCUT2D eigenvalue weighted by molar-refractivity contribution is -0.143. The zero-order valence-corrected chi connectivity index (χ0v) is 24.7. The van der Waals surface area contributed by atoms with E-state index >= 15 is 0 Å². The lowest BCUT2D eigenvalue weighted by Gasteiger charge is -2.31. The second kappa shape index (κ2) is 11.4. The minimum atomic E-state index is -4.96. The summed E-state index contributed by atoms with van der Waals surface area (Å²) >= 11 is 0. The van der Waals surface area contributed by atoms with E-state index in [1.807, 2.05) is 0 Å². The van der Waals surface area contributed by atoms with Crippen LogP contribution in [0.25, 0.3) is 0 Å². The second-order valence-electron chi connectivity index (χ2n) is 13.0. The number of pyridine rings is 1. The van der Waals surface area contributed by atoms with Crippen LogP contribution in [-0.4, -0.2) is 41.1 Å². The highest BCUT2D eigenvalue weighted by atomic mass is 19.4. The Morgan fingerprint density at radius 1 is 0.930 bits per heavy atom. The number of anilines is 1. The molecule has 2 saturated carbocycles. The van der Waals surface area contributed by atoms with Crippen LogP contribution in [0.3, 0.4) is 0 Å². The Balaban J connectivity index is 1.57. The smallest absolute Gasteiger partial charge is 0.368 e. The third-order valence-corrected chi connectivity index (χ3v) is 8.43. The maximum Gasteiger partial charge on any atom is 0.416 e. The number of hydrogen-bond donors (Lipinski definition) is 2. The molecule has 2 fully saturated rings. The van der Waals surface area contributed by atoms with Gasteiger partial charge in [0.25, 0.3) is 0 Å². The predicted octanol–water partition coefficient (Wildman–Crippen LogP) is 6.01. The number of hydrazone groups is 1. The summed E-state index contributed by atoms with van der Waals surface area (Å²) in [5, 5.41) is 5.00. The number of guanidine groups is 1. The topological polar surface area (TPSA) is 87.0 Å². The first kappa shape index (κ1) is 31.2. The van der Waals surface area contributed by atoms with Gasteiger partial charge in [0.05, 0.1) is 16.8 Å². The number of aromatic nitrogens is 1. The van der Waals surface area contributed by atoms with Crippen molar-refractivity contribution < 1.29 is 26.3 Å². The highest BCUT2D eigenvalue weighted by Gasteiger charge is 2.38. The Labute approximate surface area is 247 Å². The van der Waals surface area contributed by atoms with Crippen LogP contribution < -0.4 is 16.5 Å². The van der Waals surface area contributed by atoms with Crippen LogP contribution in [0.15, 0.2) is 29.4 Å². The lowest BCUT2D eigenvalue weighted by atomic mass is 9.90. The van der Waals surface area contributed by atoms with E-state index in [-0.39, 0.29) is 36.1 Å². The van der Waals surface area contributed by atoms with Gasteiger partial charge in [-0.15, -0.1) is 5.10 Å². The van der Waals surface area contributed by atoms with Gasteiger partial charge in [0, 0.05) is 44.2 Å². The van der Waals surface area contributed by atoms with Crippen molar-refractivity contribution in [3.05, 3.63) is 57.8 Å². The van der Waals surface area contributed by atoms with E-state index in [2.05, 4.69) is 29.9 Å². The average Bonchev–Trinajstić information content (AvgIpc) is 3.82. The van der Waals surface area contributed by atoms with Crippen molar-refractivity contribution in [3.8, 4) is 0 Å². The molecule has 43 heavy (non-hydrogen) atoms. The van der Waals surface area contributed by atoms with Gasteiger partial charge in [-0.3, -0.25) is 0 Å². The van der Waals surface area contributed by atoms with Gasteiger partial charge in [-0.1, -0.05) is 13.8 Å². The molecule has 4 N–H and O–H groups in total. The van der Waals surface area contributed by atoms with Gasteiger partial charge in [-0.2, -0.15) is 26.3 Å². The van der Waals surface area contributed by atoms with Crippen molar-refractivity contribution in [2.75, 3.05) is 25.0 Å². The molecule has 0 amide bonds. The van der Waals surface area contributed by atoms with Gasteiger partial charge in [0.2, 0.25) is 5.96 Å².